The van der Waals surface area contributed by atoms with Crippen LogP contribution in [-0.2, 0) is 19.3 Å². The smallest absolute Gasteiger partial charge is 0.266 e. The molecule has 0 radical (unpaired) electrons. The Bertz CT molecular complexity index is 586. The molecule has 0 aliphatic rings. The molecule has 2 rings (SSSR count). The third-order valence-corrected chi connectivity index (χ3v) is 4.55. The number of anilines is 1. The maximum atomic E-state index is 12.3. The van der Waals surface area contributed by atoms with Crippen LogP contribution < -0.4 is 5.32 Å². The number of carbonyl (C=O) groups is 1. The van der Waals surface area contributed by atoms with Gasteiger partial charge in [-0.3, -0.25) is 9.89 Å². The van der Waals surface area contributed by atoms with E-state index in [0.717, 1.165) is 36.1 Å². The number of nitrogens with zero attached hydrogens (tertiary/aromatic N) is 1. The van der Waals surface area contributed by atoms with Gasteiger partial charge in [-0.25, -0.2) is 0 Å². The van der Waals surface area contributed by atoms with E-state index in [2.05, 4.69) is 29.4 Å². The van der Waals surface area contributed by atoms with Crippen LogP contribution in [0.15, 0.2) is 12.3 Å². The fourth-order valence-corrected chi connectivity index (χ4v) is 3.43. The van der Waals surface area contributed by atoms with Gasteiger partial charge >= 0.3 is 0 Å². The van der Waals surface area contributed by atoms with Gasteiger partial charge in [0.1, 0.15) is 5.82 Å². The van der Waals surface area contributed by atoms with Crippen molar-refractivity contribution in [2.24, 2.45) is 0 Å². The summed E-state index contributed by atoms with van der Waals surface area (Å²) in [6, 6.07) is 2.02. The predicted octanol–water partition coefficient (Wildman–Crippen LogP) is 3.80. The maximum absolute atomic E-state index is 12.3. The van der Waals surface area contributed by atoms with E-state index in [9.17, 15) is 4.79 Å². The normalized spacial score (nSPS) is 10.8. The van der Waals surface area contributed by atoms with Gasteiger partial charge in [0.05, 0.1) is 11.1 Å². The van der Waals surface area contributed by atoms with Crippen molar-refractivity contribution in [2.75, 3.05) is 5.32 Å². The summed E-state index contributed by atoms with van der Waals surface area (Å²) in [5.41, 5.74) is 2.32. The number of hydrogen-bond acceptors (Lipinski definition) is 3. The molecule has 5 heteroatoms. The van der Waals surface area contributed by atoms with Crippen LogP contribution in [-0.4, -0.2) is 16.1 Å². The van der Waals surface area contributed by atoms with E-state index in [1.165, 1.54) is 10.4 Å². The Hall–Kier alpha value is -1.62. The Morgan fingerprint density at radius 1 is 1.30 bits per heavy atom. The molecule has 0 spiro atoms. The van der Waals surface area contributed by atoms with E-state index < -0.39 is 0 Å². The molecule has 0 aromatic carbocycles. The number of nitrogens with one attached hydrogen (secondary N) is 2. The monoisotopic (exact) mass is 291 g/mol. The van der Waals surface area contributed by atoms with Crippen molar-refractivity contribution in [1.29, 1.82) is 0 Å². The first-order valence-electron chi connectivity index (χ1n) is 7.14. The van der Waals surface area contributed by atoms with E-state index >= 15 is 0 Å². The second kappa shape index (κ2) is 6.70. The number of aromatic amines is 1. The summed E-state index contributed by atoms with van der Waals surface area (Å²) in [5, 5.41) is 9.73. The highest BCUT2D eigenvalue weighted by atomic mass is 32.1. The second-order valence-electron chi connectivity index (χ2n) is 4.74. The molecule has 1 amide bonds. The van der Waals surface area contributed by atoms with Crippen LogP contribution in [0.1, 0.15) is 52.9 Å². The van der Waals surface area contributed by atoms with Gasteiger partial charge in [-0.15, -0.1) is 11.3 Å². The molecule has 108 valence electrons. The molecule has 2 heterocycles. The maximum Gasteiger partial charge on any atom is 0.266 e. The average molecular weight is 291 g/mol. The summed E-state index contributed by atoms with van der Waals surface area (Å²) >= 11 is 1.61. The molecule has 20 heavy (non-hydrogen) atoms. The Morgan fingerprint density at radius 3 is 2.70 bits per heavy atom. The summed E-state index contributed by atoms with van der Waals surface area (Å²) in [7, 11) is 0. The first kappa shape index (κ1) is 14.8. The van der Waals surface area contributed by atoms with Crippen molar-refractivity contribution in [3.05, 3.63) is 33.1 Å². The minimum Gasteiger partial charge on any atom is -0.306 e. The van der Waals surface area contributed by atoms with Gasteiger partial charge in [0, 0.05) is 10.4 Å². The highest BCUT2D eigenvalue weighted by Gasteiger charge is 2.15. The van der Waals surface area contributed by atoms with Gasteiger partial charge in [-0.1, -0.05) is 27.2 Å². The van der Waals surface area contributed by atoms with Crippen molar-refractivity contribution in [3.63, 3.8) is 0 Å². The van der Waals surface area contributed by atoms with E-state index in [0.29, 0.717) is 5.82 Å². The van der Waals surface area contributed by atoms with Crippen molar-refractivity contribution in [2.45, 2.75) is 46.5 Å². The van der Waals surface area contributed by atoms with Crippen molar-refractivity contribution in [3.8, 4) is 0 Å². The standard InChI is InChI=1S/C15H21N3OS/c1-4-7-12-10(5-2)8-13(20-12)15(19)17-14-11(6-3)9-16-18-14/h8-9H,4-7H2,1-3H3,(H2,16,17,18,19). The predicted molar refractivity (Wildman–Crippen MR) is 83.6 cm³/mol. The van der Waals surface area contributed by atoms with Crippen LogP contribution in [0.25, 0.3) is 0 Å². The Kier molecular flexibility index (Phi) is 4.95. The number of thiophene rings is 1. The van der Waals surface area contributed by atoms with Crippen LogP contribution in [0.2, 0.25) is 0 Å². The summed E-state index contributed by atoms with van der Waals surface area (Å²) in [5.74, 6) is 0.659. The molecule has 0 aliphatic carbocycles. The Morgan fingerprint density at radius 2 is 2.05 bits per heavy atom. The summed E-state index contributed by atoms with van der Waals surface area (Å²) in [6.07, 6.45) is 5.73. The SMILES string of the molecule is CCCc1sc(C(=O)Nc2[nH]ncc2CC)cc1CC. The van der Waals surface area contributed by atoms with E-state index in [-0.39, 0.29) is 5.91 Å². The Labute approximate surface area is 123 Å². The zero-order valence-corrected chi connectivity index (χ0v) is 13.1. The minimum absolute atomic E-state index is 0.0500. The van der Waals surface area contributed by atoms with Crippen LogP contribution in [0.3, 0.4) is 0 Å². The fourth-order valence-electron chi connectivity index (χ4n) is 2.18. The van der Waals surface area contributed by atoms with Gasteiger partial charge in [-0.2, -0.15) is 5.10 Å². The number of carbonyl (C=O) groups excluding carboxylic acids is 1. The number of rotatable bonds is 6. The lowest BCUT2D eigenvalue weighted by Crippen LogP contribution is -2.11. The topological polar surface area (TPSA) is 57.8 Å². The van der Waals surface area contributed by atoms with Crippen molar-refractivity contribution >= 4 is 23.1 Å². The lowest BCUT2D eigenvalue weighted by molar-refractivity contribution is 0.103. The fraction of sp³-hybridized carbons (Fsp3) is 0.467. The third-order valence-electron chi connectivity index (χ3n) is 3.32. The van der Waals surface area contributed by atoms with E-state index in [1.807, 2.05) is 13.0 Å². The van der Waals surface area contributed by atoms with Crippen molar-refractivity contribution in [1.82, 2.24) is 10.2 Å². The quantitative estimate of drug-likeness (QED) is 0.850. The number of hydrogen-bond donors (Lipinski definition) is 2. The first-order valence-corrected chi connectivity index (χ1v) is 7.96. The number of aromatic nitrogens is 2. The molecule has 0 saturated carbocycles. The van der Waals surface area contributed by atoms with Crippen LogP contribution in [0.4, 0.5) is 5.82 Å². The van der Waals surface area contributed by atoms with Crippen LogP contribution in [0.5, 0.6) is 0 Å². The molecule has 0 unspecified atom stereocenters. The molecular weight excluding hydrogens is 270 g/mol. The first-order chi connectivity index (χ1) is 9.69. The highest BCUT2D eigenvalue weighted by Crippen LogP contribution is 2.25. The number of H-pyrrole nitrogens is 1. The van der Waals surface area contributed by atoms with Crippen molar-refractivity contribution < 1.29 is 4.79 Å². The molecule has 2 aromatic heterocycles. The van der Waals surface area contributed by atoms with Crippen LogP contribution >= 0.6 is 11.3 Å². The third kappa shape index (κ3) is 3.10. The van der Waals surface area contributed by atoms with Gasteiger partial charge in [0.15, 0.2) is 0 Å². The van der Waals surface area contributed by atoms with Gasteiger partial charge < -0.3 is 5.32 Å². The zero-order valence-electron chi connectivity index (χ0n) is 12.2. The van der Waals surface area contributed by atoms with Gasteiger partial charge in [-0.05, 0) is 30.9 Å². The lowest BCUT2D eigenvalue weighted by Gasteiger charge is -2.02. The second-order valence-corrected chi connectivity index (χ2v) is 5.88. The minimum atomic E-state index is -0.0500. The molecular formula is C15H21N3OS. The molecule has 4 nitrogen and oxygen atoms in total. The van der Waals surface area contributed by atoms with E-state index in [4.69, 9.17) is 0 Å². The van der Waals surface area contributed by atoms with Gasteiger partial charge in [0.2, 0.25) is 0 Å². The van der Waals surface area contributed by atoms with Gasteiger partial charge in [0.25, 0.3) is 5.91 Å². The molecule has 0 atom stereocenters. The number of amides is 1. The molecule has 0 saturated heterocycles. The summed E-state index contributed by atoms with van der Waals surface area (Å²) in [6.45, 7) is 6.34. The number of aryl methyl sites for hydroxylation is 3. The molecule has 0 fully saturated rings. The highest BCUT2D eigenvalue weighted by molar-refractivity contribution is 7.14. The molecule has 0 aliphatic heterocycles. The zero-order chi connectivity index (χ0) is 14.5. The molecule has 2 aromatic rings. The van der Waals surface area contributed by atoms with E-state index in [1.54, 1.807) is 17.5 Å². The summed E-state index contributed by atoms with van der Waals surface area (Å²) in [4.78, 5) is 14.4. The van der Waals surface area contributed by atoms with Crippen LogP contribution in [0, 0.1) is 0 Å². The lowest BCUT2D eigenvalue weighted by atomic mass is 10.1. The average Bonchev–Trinajstić information content (AvgIpc) is 3.05. The Balaban J connectivity index is 2.17. The largest absolute Gasteiger partial charge is 0.306 e. The molecule has 2 N–H and O–H groups in total. The summed E-state index contributed by atoms with van der Waals surface area (Å²) < 4.78 is 0. The molecule has 0 bridgehead atoms.